The van der Waals surface area contributed by atoms with Gasteiger partial charge in [-0.15, -0.1) is 0 Å². The molecule has 0 bridgehead atoms. The van der Waals surface area contributed by atoms with E-state index in [-0.39, 0.29) is 24.9 Å². The van der Waals surface area contributed by atoms with Gasteiger partial charge < -0.3 is 9.80 Å². The molecule has 0 spiro atoms. The second kappa shape index (κ2) is 6.97. The molecule has 1 amide bonds. The zero-order valence-electron chi connectivity index (χ0n) is 11.5. The van der Waals surface area contributed by atoms with E-state index in [1.54, 1.807) is 0 Å². The topological polar surface area (TPSA) is 71.1 Å². The van der Waals surface area contributed by atoms with Crippen LogP contribution in [0.2, 0.25) is 5.02 Å². The van der Waals surface area contributed by atoms with Gasteiger partial charge in [-0.05, 0) is 18.6 Å². The summed E-state index contributed by atoms with van der Waals surface area (Å²) in [5.74, 6) is -0.323. The van der Waals surface area contributed by atoms with E-state index in [0.717, 1.165) is 12.2 Å². The van der Waals surface area contributed by atoms with Gasteiger partial charge in [0.1, 0.15) is 13.1 Å². The minimum absolute atomic E-state index is 0.0466. The van der Waals surface area contributed by atoms with Crippen molar-refractivity contribution in [1.82, 2.24) is 4.90 Å². The average Bonchev–Trinajstić information content (AvgIpc) is 2.96. The summed E-state index contributed by atoms with van der Waals surface area (Å²) in [6, 6.07) is 11.4. The van der Waals surface area contributed by atoms with Crippen LogP contribution in [0.3, 0.4) is 0 Å². The van der Waals surface area contributed by atoms with Crippen LogP contribution >= 0.6 is 11.6 Å². The van der Waals surface area contributed by atoms with Gasteiger partial charge in [-0.2, -0.15) is 10.5 Å². The van der Waals surface area contributed by atoms with Crippen molar-refractivity contribution in [2.24, 2.45) is 5.92 Å². The first kappa shape index (κ1) is 15.2. The number of amides is 1. The molecule has 1 saturated heterocycles. The number of carbonyl (C=O) groups excluding carboxylic acids is 1. The molecule has 0 saturated carbocycles. The molecule has 1 unspecified atom stereocenters. The highest BCUT2D eigenvalue weighted by Gasteiger charge is 2.32. The van der Waals surface area contributed by atoms with E-state index in [1.165, 1.54) is 4.90 Å². The molecule has 1 heterocycles. The van der Waals surface area contributed by atoms with Crippen LogP contribution in [0.1, 0.15) is 6.42 Å². The highest BCUT2D eigenvalue weighted by Crippen LogP contribution is 2.30. The summed E-state index contributed by atoms with van der Waals surface area (Å²) < 4.78 is 0. The number of para-hydroxylation sites is 1. The second-order valence-corrected chi connectivity index (χ2v) is 5.30. The molecule has 6 heteroatoms. The summed E-state index contributed by atoms with van der Waals surface area (Å²) in [6.45, 7) is 1.22. The Morgan fingerprint density at radius 2 is 2.00 bits per heavy atom. The summed E-state index contributed by atoms with van der Waals surface area (Å²) in [7, 11) is 0. The van der Waals surface area contributed by atoms with E-state index in [1.807, 2.05) is 36.4 Å². The van der Waals surface area contributed by atoms with Gasteiger partial charge in [0.2, 0.25) is 5.91 Å². The minimum atomic E-state index is -0.192. The van der Waals surface area contributed by atoms with Crippen molar-refractivity contribution in [3.8, 4) is 12.1 Å². The molecular formula is C15H15ClN4O. The van der Waals surface area contributed by atoms with Crippen LogP contribution in [-0.4, -0.2) is 37.0 Å². The molecule has 5 nitrogen and oxygen atoms in total. The monoisotopic (exact) mass is 302 g/mol. The lowest BCUT2D eigenvalue weighted by atomic mass is 10.1. The molecule has 0 N–H and O–H groups in total. The molecule has 21 heavy (non-hydrogen) atoms. The molecule has 1 aromatic carbocycles. The molecule has 0 aliphatic carbocycles. The SMILES string of the molecule is N#CCN(CC#N)C(=O)C1CCN(c2ccccc2Cl)C1. The Labute approximate surface area is 128 Å². The Kier molecular flexibility index (Phi) is 5.03. The van der Waals surface area contributed by atoms with Crippen LogP contribution in [0.4, 0.5) is 5.69 Å². The number of hydrogen-bond acceptors (Lipinski definition) is 4. The van der Waals surface area contributed by atoms with Crippen LogP contribution < -0.4 is 4.90 Å². The highest BCUT2D eigenvalue weighted by atomic mass is 35.5. The highest BCUT2D eigenvalue weighted by molar-refractivity contribution is 6.33. The predicted molar refractivity (Wildman–Crippen MR) is 79.6 cm³/mol. The zero-order valence-corrected chi connectivity index (χ0v) is 12.3. The number of nitriles is 2. The third-order valence-electron chi connectivity index (χ3n) is 3.57. The molecule has 1 atom stereocenters. The Balaban J connectivity index is 2.05. The quantitative estimate of drug-likeness (QED) is 0.798. The Bertz CT molecular complexity index is 588. The van der Waals surface area contributed by atoms with Crippen LogP contribution in [0.25, 0.3) is 0 Å². The first-order valence-corrected chi connectivity index (χ1v) is 7.07. The van der Waals surface area contributed by atoms with Crippen molar-refractivity contribution in [3.63, 3.8) is 0 Å². The molecule has 1 fully saturated rings. The van der Waals surface area contributed by atoms with E-state index in [2.05, 4.69) is 4.90 Å². The molecule has 1 aliphatic rings. The molecule has 1 aromatic rings. The molecule has 0 radical (unpaired) electrons. The van der Waals surface area contributed by atoms with Gasteiger partial charge in [-0.25, -0.2) is 0 Å². The van der Waals surface area contributed by atoms with E-state index >= 15 is 0 Å². The lowest BCUT2D eigenvalue weighted by Gasteiger charge is -2.22. The van der Waals surface area contributed by atoms with Crippen molar-refractivity contribution < 1.29 is 4.79 Å². The zero-order chi connectivity index (χ0) is 15.2. The normalized spacial score (nSPS) is 17.1. The number of carbonyl (C=O) groups is 1. The van der Waals surface area contributed by atoms with Crippen molar-refractivity contribution >= 4 is 23.2 Å². The summed E-state index contributed by atoms with van der Waals surface area (Å²) in [5.41, 5.74) is 0.918. The van der Waals surface area contributed by atoms with Gasteiger partial charge in [0.05, 0.1) is 28.8 Å². The van der Waals surface area contributed by atoms with Crippen molar-refractivity contribution in [2.45, 2.75) is 6.42 Å². The number of halogens is 1. The van der Waals surface area contributed by atoms with Crippen molar-refractivity contribution in [3.05, 3.63) is 29.3 Å². The summed E-state index contributed by atoms with van der Waals surface area (Å²) in [5, 5.41) is 18.1. The van der Waals surface area contributed by atoms with Crippen LogP contribution in [0, 0.1) is 28.6 Å². The maximum atomic E-state index is 12.4. The van der Waals surface area contributed by atoms with Gasteiger partial charge in [0, 0.05) is 13.1 Å². The van der Waals surface area contributed by atoms with Gasteiger partial charge in [-0.1, -0.05) is 23.7 Å². The molecule has 1 aliphatic heterocycles. The first-order chi connectivity index (χ1) is 10.2. The predicted octanol–water partition coefficient (Wildman–Crippen LogP) is 2.04. The van der Waals surface area contributed by atoms with Crippen LogP contribution in [0.5, 0.6) is 0 Å². The van der Waals surface area contributed by atoms with Gasteiger partial charge in [0.25, 0.3) is 0 Å². The standard InChI is InChI=1S/C15H15ClN4O/c16-13-3-1-2-4-14(13)20-8-5-12(11-20)15(21)19(9-6-17)10-7-18/h1-4,12H,5,8-11H2. The lowest BCUT2D eigenvalue weighted by molar-refractivity contribution is -0.133. The maximum Gasteiger partial charge on any atom is 0.229 e. The van der Waals surface area contributed by atoms with E-state index in [0.29, 0.717) is 18.0 Å². The third kappa shape index (κ3) is 3.45. The average molecular weight is 303 g/mol. The summed E-state index contributed by atoms with van der Waals surface area (Å²) in [4.78, 5) is 15.7. The van der Waals surface area contributed by atoms with Crippen LogP contribution in [0.15, 0.2) is 24.3 Å². The lowest BCUT2D eigenvalue weighted by Crippen LogP contribution is -2.38. The fraction of sp³-hybridized carbons (Fsp3) is 0.400. The van der Waals surface area contributed by atoms with E-state index < -0.39 is 0 Å². The number of rotatable bonds is 4. The smallest absolute Gasteiger partial charge is 0.229 e. The molecule has 2 rings (SSSR count). The second-order valence-electron chi connectivity index (χ2n) is 4.89. The molecule has 0 aromatic heterocycles. The number of nitrogens with zero attached hydrogens (tertiary/aromatic N) is 4. The fourth-order valence-electron chi connectivity index (χ4n) is 2.53. The van der Waals surface area contributed by atoms with Crippen molar-refractivity contribution in [1.29, 1.82) is 10.5 Å². The molecule has 108 valence electrons. The number of benzene rings is 1. The first-order valence-electron chi connectivity index (χ1n) is 6.69. The number of anilines is 1. The third-order valence-corrected chi connectivity index (χ3v) is 3.89. The largest absolute Gasteiger partial charge is 0.370 e. The summed E-state index contributed by atoms with van der Waals surface area (Å²) >= 11 is 6.17. The number of hydrogen-bond donors (Lipinski definition) is 0. The van der Waals surface area contributed by atoms with Crippen molar-refractivity contribution in [2.75, 3.05) is 31.1 Å². The Morgan fingerprint density at radius 1 is 1.33 bits per heavy atom. The minimum Gasteiger partial charge on any atom is -0.370 e. The fourth-order valence-corrected chi connectivity index (χ4v) is 2.78. The summed E-state index contributed by atoms with van der Waals surface area (Å²) in [6.07, 6.45) is 0.706. The Morgan fingerprint density at radius 3 is 2.62 bits per heavy atom. The van der Waals surface area contributed by atoms with Gasteiger partial charge >= 0.3 is 0 Å². The maximum absolute atomic E-state index is 12.4. The Hall–Kier alpha value is -2.24. The van der Waals surface area contributed by atoms with E-state index in [4.69, 9.17) is 22.1 Å². The van der Waals surface area contributed by atoms with E-state index in [9.17, 15) is 4.79 Å². The van der Waals surface area contributed by atoms with Crippen LogP contribution in [-0.2, 0) is 4.79 Å². The van der Waals surface area contributed by atoms with Gasteiger partial charge in [0.15, 0.2) is 0 Å². The van der Waals surface area contributed by atoms with Gasteiger partial charge in [-0.3, -0.25) is 4.79 Å². The molecular weight excluding hydrogens is 288 g/mol.